The first-order valence-electron chi connectivity index (χ1n) is 18.3. The monoisotopic (exact) mass is 754 g/mol. The Kier molecular flexibility index (Phi) is 9.75. The van der Waals surface area contributed by atoms with Gasteiger partial charge in [-0.05, 0) is 0 Å². The van der Waals surface area contributed by atoms with E-state index < -0.39 is 21.3 Å². The van der Waals surface area contributed by atoms with Crippen molar-refractivity contribution < 1.29 is 46.1 Å². The quantitative estimate of drug-likeness (QED) is 0.274. The zero-order chi connectivity index (χ0) is 32.1. The van der Waals surface area contributed by atoms with Gasteiger partial charge in [-0.2, -0.15) is 0 Å². The molecule has 0 aromatic heterocycles. The van der Waals surface area contributed by atoms with Crippen molar-refractivity contribution >= 4 is 6.98 Å². The zero-order valence-corrected chi connectivity index (χ0v) is 34.2. The van der Waals surface area contributed by atoms with E-state index in [9.17, 15) is 0 Å². The van der Waals surface area contributed by atoms with Crippen LogP contribution in [0.2, 0.25) is 0 Å². The molecule has 0 saturated heterocycles. The molecule has 48 heavy (non-hydrogen) atoms. The van der Waals surface area contributed by atoms with Crippen molar-refractivity contribution in [2.75, 3.05) is 0 Å². The molecule has 0 aliphatic heterocycles. The van der Waals surface area contributed by atoms with Crippen LogP contribution in [0.3, 0.4) is 0 Å². The summed E-state index contributed by atoms with van der Waals surface area (Å²) < 4.78 is 6.39. The van der Waals surface area contributed by atoms with Gasteiger partial charge in [-0.1, -0.05) is 0 Å². The zero-order valence-electron chi connectivity index (χ0n) is 30.2. The van der Waals surface area contributed by atoms with Gasteiger partial charge in [0.2, 0.25) is 0 Å². The third-order valence-electron chi connectivity index (χ3n) is 13.0. The van der Waals surface area contributed by atoms with Crippen LogP contribution >= 0.6 is 0 Å². The van der Waals surface area contributed by atoms with Gasteiger partial charge in [-0.15, -0.1) is 0 Å². The largest absolute Gasteiger partial charge is 1.00 e. The van der Waals surface area contributed by atoms with E-state index in [1.54, 1.807) is 17.7 Å². The third kappa shape index (κ3) is 6.20. The van der Waals surface area contributed by atoms with E-state index in [2.05, 4.69) is 131 Å². The van der Waals surface area contributed by atoms with Crippen LogP contribution in [0.5, 0.6) is 0 Å². The van der Waals surface area contributed by atoms with E-state index in [1.807, 2.05) is 0 Å². The number of rotatable bonds is 5. The summed E-state index contributed by atoms with van der Waals surface area (Å²) in [6.45, 7) is 17.1. The van der Waals surface area contributed by atoms with Crippen molar-refractivity contribution in [2.45, 2.75) is 111 Å². The summed E-state index contributed by atoms with van der Waals surface area (Å²) in [4.78, 5) is 0. The van der Waals surface area contributed by atoms with Gasteiger partial charge in [-0.25, -0.2) is 0 Å². The molecule has 3 aromatic carbocycles. The second-order valence-corrected chi connectivity index (χ2v) is 24.0. The second-order valence-electron chi connectivity index (χ2n) is 18.3. The third-order valence-corrected chi connectivity index (χ3v) is 19.5. The molecule has 0 amide bonds. The van der Waals surface area contributed by atoms with Crippen LogP contribution in [0.15, 0.2) is 82.2 Å². The molecule has 252 valence electrons. The van der Waals surface area contributed by atoms with E-state index in [4.69, 9.17) is 0 Å². The van der Waals surface area contributed by atoms with Crippen LogP contribution in [0, 0.1) is 28.6 Å². The minimum Gasteiger partial charge on any atom is -1.00 e. The fourth-order valence-corrected chi connectivity index (χ4v) is 18.6. The van der Waals surface area contributed by atoms with Crippen molar-refractivity contribution in [3.05, 3.63) is 110 Å². The molecule has 4 bridgehead atoms. The molecule has 9 rings (SSSR count). The summed E-state index contributed by atoms with van der Waals surface area (Å²) in [6, 6.07) is 23.7. The van der Waals surface area contributed by atoms with Crippen molar-refractivity contribution in [1.29, 1.82) is 0 Å². The van der Waals surface area contributed by atoms with Gasteiger partial charge in [-0.3, -0.25) is 0 Å². The van der Waals surface area contributed by atoms with Gasteiger partial charge in [0.25, 0.3) is 0 Å². The van der Waals surface area contributed by atoms with E-state index in [-0.39, 0.29) is 41.1 Å². The van der Waals surface area contributed by atoms with Crippen LogP contribution in [0.4, 0.5) is 0 Å². The van der Waals surface area contributed by atoms with Gasteiger partial charge in [0.05, 0.1) is 0 Å². The minimum atomic E-state index is -2.53. The van der Waals surface area contributed by atoms with Gasteiger partial charge < -0.3 is 24.8 Å². The molecule has 0 heterocycles. The molecule has 6 aliphatic rings. The molecule has 6 aliphatic carbocycles. The van der Waals surface area contributed by atoms with Crippen molar-refractivity contribution in [3.63, 3.8) is 0 Å². The van der Waals surface area contributed by atoms with Gasteiger partial charge in [0.15, 0.2) is 0 Å². The molecular weight excluding hydrogens is 703 g/mol. The van der Waals surface area contributed by atoms with E-state index in [0.29, 0.717) is 5.41 Å². The topological polar surface area (TPSA) is 0 Å². The van der Waals surface area contributed by atoms with E-state index in [0.717, 1.165) is 30.6 Å². The molecule has 4 saturated carbocycles. The van der Waals surface area contributed by atoms with E-state index in [1.165, 1.54) is 66.3 Å². The van der Waals surface area contributed by atoms with Gasteiger partial charge >= 0.3 is 289 Å². The first-order chi connectivity index (χ1) is 21.8. The Bertz CT molecular complexity index is 1760. The summed E-state index contributed by atoms with van der Waals surface area (Å²) in [6.07, 6.45) is 19.4. The number of halogens is 2. The van der Waals surface area contributed by atoms with Gasteiger partial charge in [0.1, 0.15) is 0 Å². The maximum absolute atomic E-state index is 2.88. The average molecular weight is 757 g/mol. The maximum Gasteiger partial charge on any atom is -1.00 e. The molecular formula is C45H54Cl2Zr. The summed E-state index contributed by atoms with van der Waals surface area (Å²) in [5, 5.41) is 0. The number of hydrogen-bond donors (Lipinski definition) is 0. The predicted octanol–water partition coefficient (Wildman–Crippen LogP) is 4.83. The normalized spacial score (nSPS) is 28.1. The van der Waals surface area contributed by atoms with Gasteiger partial charge in [0, 0.05) is 0 Å². The van der Waals surface area contributed by atoms with Crippen molar-refractivity contribution in [3.8, 4) is 11.1 Å². The first kappa shape index (κ1) is 36.3. The first-order valence-corrected chi connectivity index (χ1v) is 22.2. The standard InChI is InChI=1S/C21H25.C16H21.C8H8.2ClH.Zr/c1-20(2,3)16-7-9-18-14(12-16)11-15-13-17(21(4,5)6)8-10-19(15)18;1-15(4-2-3-5-15)16-9-12-6-13(10-16)8-14(7-12)11-16;1-2-8-6-4-3-5-7-8;;;/h7-10,12H,11H2,1-6H3;2,4-5,12-14H,6-11H2,1H3;1,3-7H,2H2;2*1H;/q;;;;;+2/p-2. The van der Waals surface area contributed by atoms with Crippen LogP contribution < -0.4 is 28.1 Å². The Labute approximate surface area is 311 Å². The second kappa shape index (κ2) is 12.9. The molecule has 0 nitrogen and oxygen atoms in total. The smallest absolute Gasteiger partial charge is 1.00 e. The van der Waals surface area contributed by atoms with Crippen LogP contribution in [0.1, 0.15) is 115 Å². The van der Waals surface area contributed by atoms with Crippen LogP contribution in [-0.2, 0) is 44.9 Å². The molecule has 0 spiro atoms. The predicted molar refractivity (Wildman–Crippen MR) is 194 cm³/mol. The Morgan fingerprint density at radius 1 is 0.771 bits per heavy atom. The number of allylic oxidation sites excluding steroid dienone is 4. The minimum absolute atomic E-state index is 0. The molecule has 1 atom stereocenters. The Balaban J connectivity index is 0.00000201. The molecule has 0 radical (unpaired) electrons. The summed E-state index contributed by atoms with van der Waals surface area (Å²) in [5.41, 5.74) is 11.7. The number of fused-ring (bicyclic) bond motifs is 3. The molecule has 3 heteroatoms. The Morgan fingerprint density at radius 2 is 1.40 bits per heavy atom. The molecule has 3 aromatic rings. The fourth-order valence-electron chi connectivity index (χ4n) is 10.8. The van der Waals surface area contributed by atoms with Crippen LogP contribution in [-0.4, -0.2) is 3.71 Å². The maximum atomic E-state index is 2.88. The Morgan fingerprint density at radius 3 is 2.00 bits per heavy atom. The number of benzene rings is 3. The van der Waals surface area contributed by atoms with Crippen molar-refractivity contribution in [2.24, 2.45) is 28.6 Å². The molecule has 0 N–H and O–H groups in total. The van der Waals surface area contributed by atoms with E-state index >= 15 is 0 Å². The summed E-state index contributed by atoms with van der Waals surface area (Å²) in [7, 11) is 0. The number of hydrogen-bond acceptors (Lipinski definition) is 0. The SMILES string of the molecule is CC(C)(C)c1ccc2c(c1)Cc1c-2ccc(C(C)(C)C)[c]1[Zr+2](=[CH]Cc1ccccc1)[C]1=CC(C)(C23CC4CC(CC(C4)C2)C3)C=C1.[Cl-].[Cl-]. The van der Waals surface area contributed by atoms with Crippen LogP contribution in [0.25, 0.3) is 11.1 Å². The summed E-state index contributed by atoms with van der Waals surface area (Å²) in [5.74, 6) is 2.95. The average Bonchev–Trinajstić information content (AvgIpc) is 3.58. The fraction of sp³-hybridized carbons (Fsp3) is 0.489. The summed E-state index contributed by atoms with van der Waals surface area (Å²) >= 11 is -2.53. The molecule has 1 unspecified atom stereocenters. The molecule has 4 fully saturated rings. The van der Waals surface area contributed by atoms with Crippen molar-refractivity contribution in [1.82, 2.24) is 0 Å². The Hall–Kier alpha value is -1.53.